The Kier molecular flexibility index (Phi) is 3.66. The van der Waals surface area contributed by atoms with Gasteiger partial charge in [0.05, 0.1) is 11.4 Å². The van der Waals surface area contributed by atoms with Crippen molar-refractivity contribution in [2.24, 2.45) is 0 Å². The molecule has 5 heteroatoms. The van der Waals surface area contributed by atoms with Gasteiger partial charge in [-0.25, -0.2) is 0 Å². The Bertz CT molecular complexity index is 486. The highest BCUT2D eigenvalue weighted by Gasteiger charge is 2.25. The molecule has 2 aliphatic heterocycles. The van der Waals surface area contributed by atoms with Crippen molar-refractivity contribution in [1.82, 2.24) is 4.90 Å². The molecule has 0 radical (unpaired) electrons. The van der Waals surface area contributed by atoms with E-state index in [-0.39, 0.29) is 5.91 Å². The maximum atomic E-state index is 12.1. The van der Waals surface area contributed by atoms with Gasteiger partial charge in [0, 0.05) is 23.7 Å². The molecular formula is C14H19N3OS. The molecule has 3 rings (SSSR count). The van der Waals surface area contributed by atoms with Crippen molar-refractivity contribution in [1.29, 1.82) is 0 Å². The standard InChI is InChI=1S/C14H19N3OS/c15-11-3-4-12-13(9-11)19-10-14(18)17(12)8-7-16-5-1-2-6-16/h3-4,9H,1-2,5-8,10,15H2. The first-order chi connectivity index (χ1) is 9.24. The van der Waals surface area contributed by atoms with Crippen molar-refractivity contribution in [3.05, 3.63) is 18.2 Å². The molecule has 1 aromatic rings. The molecular weight excluding hydrogens is 258 g/mol. The van der Waals surface area contributed by atoms with E-state index in [0.29, 0.717) is 5.75 Å². The second-order valence-electron chi connectivity index (χ2n) is 5.11. The molecule has 2 N–H and O–H groups in total. The van der Waals surface area contributed by atoms with E-state index in [2.05, 4.69) is 4.90 Å². The lowest BCUT2D eigenvalue weighted by Gasteiger charge is -2.30. The normalized spacial score (nSPS) is 19.8. The Morgan fingerprint density at radius 1 is 1.21 bits per heavy atom. The van der Waals surface area contributed by atoms with E-state index >= 15 is 0 Å². The number of nitrogens with zero attached hydrogens (tertiary/aromatic N) is 2. The second-order valence-corrected chi connectivity index (χ2v) is 6.13. The highest BCUT2D eigenvalue weighted by Crippen LogP contribution is 2.36. The summed E-state index contributed by atoms with van der Waals surface area (Å²) in [6.07, 6.45) is 2.58. The molecule has 102 valence electrons. The molecule has 0 saturated carbocycles. The number of likely N-dealkylation sites (tertiary alicyclic amines) is 1. The molecule has 0 atom stereocenters. The molecule has 2 aliphatic rings. The Hall–Kier alpha value is -1.20. The third-order valence-electron chi connectivity index (χ3n) is 3.77. The molecule has 1 amide bonds. The molecule has 0 aliphatic carbocycles. The highest BCUT2D eigenvalue weighted by molar-refractivity contribution is 8.00. The minimum absolute atomic E-state index is 0.210. The summed E-state index contributed by atoms with van der Waals surface area (Å²) in [6, 6.07) is 5.81. The van der Waals surface area contributed by atoms with Gasteiger partial charge in [-0.2, -0.15) is 0 Å². The van der Waals surface area contributed by atoms with Crippen LogP contribution in [0.1, 0.15) is 12.8 Å². The number of carbonyl (C=O) groups excluding carboxylic acids is 1. The zero-order chi connectivity index (χ0) is 13.2. The van der Waals surface area contributed by atoms with Crippen molar-refractivity contribution in [2.45, 2.75) is 17.7 Å². The number of nitrogen functional groups attached to an aromatic ring is 1. The third-order valence-corrected chi connectivity index (χ3v) is 4.79. The number of rotatable bonds is 3. The van der Waals surface area contributed by atoms with Gasteiger partial charge in [-0.15, -0.1) is 11.8 Å². The summed E-state index contributed by atoms with van der Waals surface area (Å²) < 4.78 is 0. The van der Waals surface area contributed by atoms with Crippen molar-refractivity contribution in [2.75, 3.05) is 42.6 Å². The van der Waals surface area contributed by atoms with Crippen molar-refractivity contribution in [3.63, 3.8) is 0 Å². The van der Waals surface area contributed by atoms with Crippen LogP contribution in [-0.2, 0) is 4.79 Å². The number of nitrogens with two attached hydrogens (primary N) is 1. The molecule has 19 heavy (non-hydrogen) atoms. The van der Waals surface area contributed by atoms with Crippen LogP contribution in [-0.4, -0.2) is 42.7 Å². The Morgan fingerprint density at radius 3 is 2.79 bits per heavy atom. The van der Waals surface area contributed by atoms with E-state index in [1.54, 1.807) is 11.8 Å². The number of fused-ring (bicyclic) bond motifs is 1. The number of hydrogen-bond acceptors (Lipinski definition) is 4. The minimum Gasteiger partial charge on any atom is -0.399 e. The first kappa shape index (κ1) is 12.8. The largest absolute Gasteiger partial charge is 0.399 e. The van der Waals surface area contributed by atoms with E-state index in [1.165, 1.54) is 25.9 Å². The van der Waals surface area contributed by atoms with Gasteiger partial charge >= 0.3 is 0 Å². The lowest BCUT2D eigenvalue weighted by Crippen LogP contribution is -2.40. The van der Waals surface area contributed by atoms with Crippen LogP contribution in [0.15, 0.2) is 23.1 Å². The average molecular weight is 277 g/mol. The van der Waals surface area contributed by atoms with Crippen molar-refractivity contribution >= 4 is 29.0 Å². The molecule has 0 spiro atoms. The zero-order valence-corrected chi connectivity index (χ0v) is 11.8. The van der Waals surface area contributed by atoms with Crippen molar-refractivity contribution in [3.8, 4) is 0 Å². The van der Waals surface area contributed by atoms with E-state index in [0.717, 1.165) is 29.4 Å². The number of hydrogen-bond donors (Lipinski definition) is 1. The highest BCUT2D eigenvalue weighted by atomic mass is 32.2. The zero-order valence-electron chi connectivity index (χ0n) is 11.0. The van der Waals surface area contributed by atoms with Gasteiger partial charge in [0.25, 0.3) is 0 Å². The maximum Gasteiger partial charge on any atom is 0.237 e. The maximum absolute atomic E-state index is 12.1. The van der Waals surface area contributed by atoms with Gasteiger partial charge in [0.15, 0.2) is 0 Å². The van der Waals surface area contributed by atoms with Gasteiger partial charge in [0.1, 0.15) is 0 Å². The lowest BCUT2D eigenvalue weighted by molar-refractivity contribution is -0.116. The number of amides is 1. The molecule has 0 bridgehead atoms. The Labute approximate surface area is 117 Å². The smallest absolute Gasteiger partial charge is 0.237 e. The summed E-state index contributed by atoms with van der Waals surface area (Å²) >= 11 is 1.59. The number of thioether (sulfide) groups is 1. The van der Waals surface area contributed by atoms with E-state index in [9.17, 15) is 4.79 Å². The lowest BCUT2D eigenvalue weighted by atomic mass is 10.2. The summed E-state index contributed by atoms with van der Waals surface area (Å²) in [7, 11) is 0. The van der Waals surface area contributed by atoms with Crippen molar-refractivity contribution < 1.29 is 4.79 Å². The van der Waals surface area contributed by atoms with Crippen LogP contribution >= 0.6 is 11.8 Å². The van der Waals surface area contributed by atoms with Crippen LogP contribution in [0.3, 0.4) is 0 Å². The summed E-state index contributed by atoms with van der Waals surface area (Å²) in [5.41, 5.74) is 7.60. The molecule has 0 aromatic heterocycles. The van der Waals surface area contributed by atoms with Crippen LogP contribution in [0.5, 0.6) is 0 Å². The quantitative estimate of drug-likeness (QED) is 0.856. The second kappa shape index (κ2) is 5.43. The summed E-state index contributed by atoms with van der Waals surface area (Å²) in [4.78, 5) is 17.6. The first-order valence-corrected chi connectivity index (χ1v) is 7.77. The van der Waals surface area contributed by atoms with Crippen LogP contribution in [0.4, 0.5) is 11.4 Å². The Morgan fingerprint density at radius 2 is 2.00 bits per heavy atom. The van der Waals surface area contributed by atoms with Crippen LogP contribution < -0.4 is 10.6 Å². The summed E-state index contributed by atoms with van der Waals surface area (Å²) in [5.74, 6) is 0.734. The Balaban J connectivity index is 1.74. The molecule has 0 unspecified atom stereocenters. The molecule has 4 nitrogen and oxygen atoms in total. The van der Waals surface area contributed by atoms with Crippen LogP contribution in [0.25, 0.3) is 0 Å². The summed E-state index contributed by atoms with van der Waals surface area (Å²) in [6.45, 7) is 4.10. The van der Waals surface area contributed by atoms with Gasteiger partial charge < -0.3 is 15.5 Å². The molecule has 1 saturated heterocycles. The van der Waals surface area contributed by atoms with E-state index in [4.69, 9.17) is 5.73 Å². The van der Waals surface area contributed by atoms with E-state index < -0.39 is 0 Å². The fourth-order valence-electron chi connectivity index (χ4n) is 2.71. The number of anilines is 2. The van der Waals surface area contributed by atoms with Gasteiger partial charge in [0.2, 0.25) is 5.91 Å². The van der Waals surface area contributed by atoms with Gasteiger partial charge in [-0.3, -0.25) is 4.79 Å². The van der Waals surface area contributed by atoms with Gasteiger partial charge in [-0.05, 0) is 44.1 Å². The average Bonchev–Trinajstić information content (AvgIpc) is 2.91. The molecule has 1 fully saturated rings. The fourth-order valence-corrected chi connectivity index (χ4v) is 3.69. The summed E-state index contributed by atoms with van der Waals surface area (Å²) in [5, 5.41) is 0. The molecule has 2 heterocycles. The SMILES string of the molecule is Nc1ccc2c(c1)SCC(=O)N2CCN1CCCC1. The monoisotopic (exact) mass is 277 g/mol. The third kappa shape index (κ3) is 2.72. The van der Waals surface area contributed by atoms with Gasteiger partial charge in [-0.1, -0.05) is 0 Å². The first-order valence-electron chi connectivity index (χ1n) is 6.79. The fraction of sp³-hybridized carbons (Fsp3) is 0.500. The topological polar surface area (TPSA) is 49.6 Å². The molecule has 1 aromatic carbocycles. The predicted molar refractivity (Wildman–Crippen MR) is 79.6 cm³/mol. The van der Waals surface area contributed by atoms with E-state index in [1.807, 2.05) is 23.1 Å². The van der Waals surface area contributed by atoms with Crippen LogP contribution in [0.2, 0.25) is 0 Å². The van der Waals surface area contributed by atoms with Crippen LogP contribution in [0, 0.1) is 0 Å². The minimum atomic E-state index is 0.210. The predicted octanol–water partition coefficient (Wildman–Crippen LogP) is 1.80. The number of benzene rings is 1. The number of carbonyl (C=O) groups is 1.